The summed E-state index contributed by atoms with van der Waals surface area (Å²) in [6.07, 6.45) is 0.164. The van der Waals surface area contributed by atoms with E-state index < -0.39 is 0 Å². The van der Waals surface area contributed by atoms with Crippen LogP contribution in [0.1, 0.15) is 18.3 Å². The number of benzene rings is 2. The van der Waals surface area contributed by atoms with Crippen LogP contribution in [0, 0.1) is 0 Å². The van der Waals surface area contributed by atoms with E-state index >= 15 is 0 Å². The van der Waals surface area contributed by atoms with Gasteiger partial charge in [-0.25, -0.2) is 0 Å². The van der Waals surface area contributed by atoms with Crippen LogP contribution in [0.2, 0.25) is 0 Å². The first-order valence-electron chi connectivity index (χ1n) is 8.82. The molecule has 0 saturated heterocycles. The van der Waals surface area contributed by atoms with Gasteiger partial charge in [-0.05, 0) is 36.8 Å². The fraction of sp³-hybridized carbons (Fsp3) is 0.250. The fourth-order valence-corrected chi connectivity index (χ4v) is 3.89. The maximum atomic E-state index is 12.4. The van der Waals surface area contributed by atoms with Crippen LogP contribution in [-0.2, 0) is 23.5 Å². The number of nitrogens with one attached hydrogen (secondary N) is 1. The van der Waals surface area contributed by atoms with E-state index in [0.29, 0.717) is 23.8 Å². The smallest absolute Gasteiger partial charge is 0.232 e. The normalized spacial score (nSPS) is 10.7. The van der Waals surface area contributed by atoms with Gasteiger partial charge < -0.3 is 14.6 Å². The molecule has 6 nitrogen and oxygen atoms in total. The number of ether oxygens (including phenoxy) is 1. The highest BCUT2D eigenvalue weighted by molar-refractivity contribution is 9.10. The molecular formula is C20H21BrN4O2S. The molecule has 0 aliphatic carbocycles. The van der Waals surface area contributed by atoms with Gasteiger partial charge in [0.15, 0.2) is 5.16 Å². The van der Waals surface area contributed by atoms with Crippen LogP contribution in [0.25, 0.3) is 0 Å². The average molecular weight is 461 g/mol. The van der Waals surface area contributed by atoms with Crippen LogP contribution in [0.5, 0.6) is 5.75 Å². The van der Waals surface area contributed by atoms with Crippen molar-refractivity contribution in [3.63, 3.8) is 0 Å². The Kier molecular flexibility index (Phi) is 7.11. The zero-order valence-corrected chi connectivity index (χ0v) is 18.1. The maximum Gasteiger partial charge on any atom is 0.232 e. The predicted octanol–water partition coefficient (Wildman–Crippen LogP) is 4.54. The minimum absolute atomic E-state index is 0.139. The molecule has 0 aliphatic heterocycles. The molecule has 1 amide bonds. The van der Waals surface area contributed by atoms with Crippen LogP contribution in [0.4, 0.5) is 5.69 Å². The number of halogens is 1. The van der Waals surface area contributed by atoms with Crippen LogP contribution >= 0.6 is 27.7 Å². The minimum atomic E-state index is -0.139. The average Bonchev–Trinajstić information content (AvgIpc) is 3.09. The molecule has 0 fully saturated rings. The van der Waals surface area contributed by atoms with Gasteiger partial charge in [0.25, 0.3) is 0 Å². The molecule has 0 spiro atoms. The third-order valence-electron chi connectivity index (χ3n) is 4.06. The maximum absolute atomic E-state index is 12.4. The van der Waals surface area contributed by atoms with E-state index in [2.05, 4.69) is 43.6 Å². The third kappa shape index (κ3) is 5.36. The van der Waals surface area contributed by atoms with E-state index in [1.54, 1.807) is 24.9 Å². The second-order valence-corrected chi connectivity index (χ2v) is 7.87. The monoisotopic (exact) mass is 460 g/mol. The van der Waals surface area contributed by atoms with Crippen LogP contribution in [-0.4, -0.2) is 27.8 Å². The first-order chi connectivity index (χ1) is 13.6. The number of aromatic nitrogens is 3. The molecule has 0 radical (unpaired) electrons. The number of nitrogens with zero attached hydrogens (tertiary/aromatic N) is 3. The van der Waals surface area contributed by atoms with Gasteiger partial charge in [0.1, 0.15) is 11.6 Å². The molecule has 28 heavy (non-hydrogen) atoms. The standard InChI is InChI=1S/C20H21BrN4O2S/c1-3-25-18(12-19(26)22-16-5-4-6-17(11-16)27-2)23-24-20(25)28-13-14-7-9-15(21)10-8-14/h4-11H,3,12-13H2,1-2H3,(H,22,26). The Morgan fingerprint density at radius 3 is 2.71 bits per heavy atom. The Morgan fingerprint density at radius 2 is 2.00 bits per heavy atom. The molecule has 8 heteroatoms. The second-order valence-electron chi connectivity index (χ2n) is 6.02. The van der Waals surface area contributed by atoms with Gasteiger partial charge in [0.05, 0.1) is 13.5 Å². The number of carbonyl (C=O) groups is 1. The van der Waals surface area contributed by atoms with E-state index in [1.807, 2.05) is 41.8 Å². The minimum Gasteiger partial charge on any atom is -0.497 e. The summed E-state index contributed by atoms with van der Waals surface area (Å²) in [4.78, 5) is 12.4. The molecule has 3 rings (SSSR count). The zero-order chi connectivity index (χ0) is 19.9. The van der Waals surface area contributed by atoms with Crippen LogP contribution < -0.4 is 10.1 Å². The van der Waals surface area contributed by atoms with Crippen molar-refractivity contribution in [3.8, 4) is 5.75 Å². The summed E-state index contributed by atoms with van der Waals surface area (Å²) < 4.78 is 8.22. The summed E-state index contributed by atoms with van der Waals surface area (Å²) in [5.41, 5.74) is 1.90. The van der Waals surface area contributed by atoms with Crippen molar-refractivity contribution in [2.24, 2.45) is 0 Å². The van der Waals surface area contributed by atoms with E-state index in [-0.39, 0.29) is 12.3 Å². The molecule has 146 valence electrons. The Morgan fingerprint density at radius 1 is 1.21 bits per heavy atom. The Bertz CT molecular complexity index is 944. The number of methoxy groups -OCH3 is 1. The van der Waals surface area contributed by atoms with Crippen molar-refractivity contribution in [1.82, 2.24) is 14.8 Å². The summed E-state index contributed by atoms with van der Waals surface area (Å²) in [6, 6.07) is 15.5. The number of anilines is 1. The van der Waals surface area contributed by atoms with Gasteiger partial charge >= 0.3 is 0 Å². The molecule has 0 unspecified atom stereocenters. The lowest BCUT2D eigenvalue weighted by Crippen LogP contribution is -2.17. The highest BCUT2D eigenvalue weighted by Gasteiger charge is 2.15. The van der Waals surface area contributed by atoms with Crippen molar-refractivity contribution in [3.05, 3.63) is 64.4 Å². The van der Waals surface area contributed by atoms with Gasteiger partial charge in [-0.1, -0.05) is 45.9 Å². The summed E-state index contributed by atoms with van der Waals surface area (Å²) in [5, 5.41) is 12.2. The molecule has 0 saturated carbocycles. The summed E-state index contributed by atoms with van der Waals surface area (Å²) >= 11 is 5.06. The molecular weight excluding hydrogens is 440 g/mol. The highest BCUT2D eigenvalue weighted by Crippen LogP contribution is 2.23. The van der Waals surface area contributed by atoms with E-state index in [1.165, 1.54) is 5.56 Å². The predicted molar refractivity (Wildman–Crippen MR) is 115 cm³/mol. The number of hydrogen-bond donors (Lipinski definition) is 1. The highest BCUT2D eigenvalue weighted by atomic mass is 79.9. The molecule has 1 heterocycles. The number of carbonyl (C=O) groups excluding carboxylic acids is 1. The number of rotatable bonds is 8. The molecule has 0 bridgehead atoms. The van der Waals surface area contributed by atoms with Crippen LogP contribution in [0.3, 0.4) is 0 Å². The van der Waals surface area contributed by atoms with Crippen molar-refractivity contribution < 1.29 is 9.53 Å². The molecule has 0 aliphatic rings. The molecule has 0 atom stereocenters. The summed E-state index contributed by atoms with van der Waals surface area (Å²) in [7, 11) is 1.60. The third-order valence-corrected chi connectivity index (χ3v) is 5.63. The summed E-state index contributed by atoms with van der Waals surface area (Å²) in [6.45, 7) is 2.73. The van der Waals surface area contributed by atoms with Gasteiger partial charge in [0, 0.05) is 28.5 Å². The van der Waals surface area contributed by atoms with Crippen molar-refractivity contribution in [1.29, 1.82) is 0 Å². The van der Waals surface area contributed by atoms with Crippen molar-refractivity contribution in [2.75, 3.05) is 12.4 Å². The molecule has 1 aromatic heterocycles. The lowest BCUT2D eigenvalue weighted by Gasteiger charge is -2.09. The van der Waals surface area contributed by atoms with Gasteiger partial charge in [0.2, 0.25) is 5.91 Å². The van der Waals surface area contributed by atoms with Gasteiger partial charge in [-0.15, -0.1) is 10.2 Å². The SMILES string of the molecule is CCn1c(CC(=O)Nc2cccc(OC)c2)nnc1SCc1ccc(Br)cc1. The van der Waals surface area contributed by atoms with Gasteiger partial charge in [-0.2, -0.15) is 0 Å². The van der Waals surface area contributed by atoms with E-state index in [9.17, 15) is 4.79 Å². The molecule has 1 N–H and O–H groups in total. The quantitative estimate of drug-likeness (QED) is 0.499. The fourth-order valence-electron chi connectivity index (χ4n) is 2.65. The van der Waals surface area contributed by atoms with E-state index in [0.717, 1.165) is 15.4 Å². The second kappa shape index (κ2) is 9.75. The summed E-state index contributed by atoms with van der Waals surface area (Å²) in [5.74, 6) is 2.00. The Labute approximate surface area is 176 Å². The Balaban J connectivity index is 1.63. The lowest BCUT2D eigenvalue weighted by atomic mass is 10.2. The number of hydrogen-bond acceptors (Lipinski definition) is 5. The topological polar surface area (TPSA) is 69.0 Å². The molecule has 3 aromatic rings. The number of amides is 1. The van der Waals surface area contributed by atoms with Crippen LogP contribution in [0.15, 0.2) is 58.2 Å². The largest absolute Gasteiger partial charge is 0.497 e. The van der Waals surface area contributed by atoms with Crippen molar-refractivity contribution in [2.45, 2.75) is 30.8 Å². The Hall–Kier alpha value is -2.32. The van der Waals surface area contributed by atoms with Crippen molar-refractivity contribution >= 4 is 39.3 Å². The lowest BCUT2D eigenvalue weighted by molar-refractivity contribution is -0.115. The zero-order valence-electron chi connectivity index (χ0n) is 15.7. The van der Waals surface area contributed by atoms with E-state index in [4.69, 9.17) is 4.74 Å². The molecule has 2 aromatic carbocycles. The number of thioether (sulfide) groups is 1. The first kappa shape index (κ1) is 20.4. The first-order valence-corrected chi connectivity index (χ1v) is 10.6. The van der Waals surface area contributed by atoms with Gasteiger partial charge in [-0.3, -0.25) is 4.79 Å².